The number of pyridine rings is 1. The predicted octanol–water partition coefficient (Wildman–Crippen LogP) is 1.65. The molecule has 0 saturated heterocycles. The summed E-state index contributed by atoms with van der Waals surface area (Å²) in [4.78, 5) is 15.9. The number of carbonyl (C=O) groups excluding carboxylic acids is 1. The van der Waals surface area contributed by atoms with Crippen molar-refractivity contribution in [3.05, 3.63) is 59.4 Å². The Morgan fingerprint density at radius 2 is 1.87 bits per heavy atom. The fourth-order valence-electron chi connectivity index (χ4n) is 2.02. The molecule has 1 aromatic heterocycles. The van der Waals surface area contributed by atoms with Crippen LogP contribution >= 0.6 is 0 Å². The number of aliphatic hydroxyl groups excluding tert-OH is 1. The quantitative estimate of drug-likeness (QED) is 0.837. The van der Waals surface area contributed by atoms with Crippen molar-refractivity contribution >= 4 is 15.9 Å². The average Bonchev–Trinajstić information content (AvgIpc) is 2.55. The molecule has 7 heteroatoms. The van der Waals surface area contributed by atoms with Gasteiger partial charge in [-0.3, -0.25) is 9.78 Å². The molecule has 122 valence electrons. The summed E-state index contributed by atoms with van der Waals surface area (Å²) in [5, 5.41) is 8.90. The van der Waals surface area contributed by atoms with Gasteiger partial charge in [-0.1, -0.05) is 25.5 Å². The number of aliphatic hydroxyl groups is 1. The molecular formula is C16H18N2O4S. The molecule has 0 atom stereocenters. The molecule has 0 saturated carbocycles. The Kier molecular flexibility index (Phi) is 5.46. The van der Waals surface area contributed by atoms with Gasteiger partial charge in [0.2, 0.25) is 0 Å². The number of aromatic nitrogens is 1. The van der Waals surface area contributed by atoms with Crippen molar-refractivity contribution in [1.82, 2.24) is 9.71 Å². The van der Waals surface area contributed by atoms with Crippen LogP contribution in [0.5, 0.6) is 0 Å². The van der Waals surface area contributed by atoms with Gasteiger partial charge in [0, 0.05) is 6.20 Å². The van der Waals surface area contributed by atoms with Gasteiger partial charge in [0.05, 0.1) is 22.8 Å². The van der Waals surface area contributed by atoms with Gasteiger partial charge in [-0.15, -0.1) is 0 Å². The highest BCUT2D eigenvalue weighted by Crippen LogP contribution is 2.12. The number of carbonyl (C=O) groups is 1. The van der Waals surface area contributed by atoms with E-state index in [1.807, 2.05) is 11.6 Å². The first-order chi connectivity index (χ1) is 11.0. The Morgan fingerprint density at radius 1 is 1.17 bits per heavy atom. The number of hydrogen-bond acceptors (Lipinski definition) is 5. The van der Waals surface area contributed by atoms with Crippen LogP contribution in [0, 0.1) is 0 Å². The van der Waals surface area contributed by atoms with E-state index in [0.29, 0.717) is 5.69 Å². The summed E-state index contributed by atoms with van der Waals surface area (Å²) in [5.74, 6) is -0.764. The van der Waals surface area contributed by atoms with E-state index in [2.05, 4.69) is 4.98 Å². The normalized spacial score (nSPS) is 11.2. The number of aryl methyl sites for hydroxylation is 1. The third-order valence-corrected chi connectivity index (χ3v) is 4.60. The molecule has 0 unspecified atom stereocenters. The minimum Gasteiger partial charge on any atom is -0.390 e. The standard InChI is InChI=1S/C16H18N2O4S/c1-2-3-12-4-8-15(9-5-12)23(21,22)18-16(20)13-6-7-14(11-19)17-10-13/h4-10,19H,2-3,11H2,1H3,(H,18,20). The van der Waals surface area contributed by atoms with E-state index in [9.17, 15) is 13.2 Å². The number of amides is 1. The van der Waals surface area contributed by atoms with Crippen LogP contribution in [0.25, 0.3) is 0 Å². The highest BCUT2D eigenvalue weighted by atomic mass is 32.2. The first kappa shape index (κ1) is 17.1. The van der Waals surface area contributed by atoms with E-state index in [4.69, 9.17) is 5.11 Å². The van der Waals surface area contributed by atoms with Gasteiger partial charge in [-0.2, -0.15) is 0 Å². The summed E-state index contributed by atoms with van der Waals surface area (Å²) in [5.41, 5.74) is 1.55. The van der Waals surface area contributed by atoms with Gasteiger partial charge in [-0.25, -0.2) is 13.1 Å². The Labute approximate surface area is 135 Å². The van der Waals surface area contributed by atoms with Crippen LogP contribution < -0.4 is 4.72 Å². The molecule has 1 heterocycles. The van der Waals surface area contributed by atoms with E-state index in [-0.39, 0.29) is 17.1 Å². The van der Waals surface area contributed by atoms with E-state index in [0.717, 1.165) is 18.4 Å². The molecule has 2 N–H and O–H groups in total. The van der Waals surface area contributed by atoms with Crippen molar-refractivity contribution in [3.8, 4) is 0 Å². The first-order valence-corrected chi connectivity index (χ1v) is 8.66. The van der Waals surface area contributed by atoms with Crippen LogP contribution in [-0.4, -0.2) is 24.4 Å². The van der Waals surface area contributed by atoms with Crippen molar-refractivity contribution in [3.63, 3.8) is 0 Å². The van der Waals surface area contributed by atoms with Crippen LogP contribution in [0.4, 0.5) is 0 Å². The van der Waals surface area contributed by atoms with Gasteiger partial charge in [0.1, 0.15) is 0 Å². The number of nitrogens with one attached hydrogen (secondary N) is 1. The molecule has 0 aliphatic rings. The molecule has 1 amide bonds. The molecule has 2 aromatic rings. The van der Waals surface area contributed by atoms with Crippen molar-refractivity contribution in [2.45, 2.75) is 31.3 Å². The molecule has 23 heavy (non-hydrogen) atoms. The molecule has 6 nitrogen and oxygen atoms in total. The van der Waals surface area contributed by atoms with Crippen LogP contribution in [-0.2, 0) is 23.1 Å². The van der Waals surface area contributed by atoms with Crippen molar-refractivity contribution in [2.24, 2.45) is 0 Å². The second-order valence-corrected chi connectivity index (χ2v) is 6.71. The highest BCUT2D eigenvalue weighted by Gasteiger charge is 2.18. The second-order valence-electron chi connectivity index (χ2n) is 5.02. The third kappa shape index (κ3) is 4.37. The maximum absolute atomic E-state index is 12.2. The molecule has 0 aliphatic heterocycles. The zero-order valence-electron chi connectivity index (χ0n) is 12.7. The van der Waals surface area contributed by atoms with E-state index in [1.54, 1.807) is 12.1 Å². The Hall–Kier alpha value is -2.25. The summed E-state index contributed by atoms with van der Waals surface area (Å²) in [7, 11) is -3.93. The molecule has 0 bridgehead atoms. The van der Waals surface area contributed by atoms with Crippen LogP contribution in [0.2, 0.25) is 0 Å². The molecule has 0 aliphatic carbocycles. The maximum Gasteiger partial charge on any atom is 0.266 e. The monoisotopic (exact) mass is 334 g/mol. The summed E-state index contributed by atoms with van der Waals surface area (Å²) in [6, 6.07) is 9.30. The number of rotatable bonds is 6. The number of benzene rings is 1. The lowest BCUT2D eigenvalue weighted by Gasteiger charge is -2.08. The van der Waals surface area contributed by atoms with Crippen LogP contribution in [0.15, 0.2) is 47.5 Å². The third-order valence-electron chi connectivity index (χ3n) is 3.25. The van der Waals surface area contributed by atoms with Gasteiger partial charge >= 0.3 is 0 Å². The molecule has 0 spiro atoms. The topological polar surface area (TPSA) is 96.4 Å². The Balaban J connectivity index is 2.14. The highest BCUT2D eigenvalue weighted by molar-refractivity contribution is 7.90. The fourth-order valence-corrected chi connectivity index (χ4v) is 2.99. The van der Waals surface area contributed by atoms with Crippen LogP contribution in [0.3, 0.4) is 0 Å². The van der Waals surface area contributed by atoms with Crippen LogP contribution in [0.1, 0.15) is 35.0 Å². The molecule has 1 aromatic carbocycles. The zero-order valence-corrected chi connectivity index (χ0v) is 13.5. The first-order valence-electron chi connectivity index (χ1n) is 7.18. The van der Waals surface area contributed by atoms with Crippen molar-refractivity contribution in [1.29, 1.82) is 0 Å². The summed E-state index contributed by atoms with van der Waals surface area (Å²) in [6.07, 6.45) is 3.07. The van der Waals surface area contributed by atoms with E-state index in [1.165, 1.54) is 30.5 Å². The minimum absolute atomic E-state index is 0.0330. The molecule has 0 radical (unpaired) electrons. The summed E-state index contributed by atoms with van der Waals surface area (Å²) < 4.78 is 26.4. The molecule has 2 rings (SSSR count). The number of nitrogens with zero attached hydrogens (tertiary/aromatic N) is 1. The number of sulfonamides is 1. The SMILES string of the molecule is CCCc1ccc(S(=O)(=O)NC(=O)c2ccc(CO)nc2)cc1. The maximum atomic E-state index is 12.2. The van der Waals surface area contributed by atoms with E-state index < -0.39 is 15.9 Å². The lowest BCUT2D eigenvalue weighted by Crippen LogP contribution is -2.30. The van der Waals surface area contributed by atoms with Gasteiger partial charge in [0.25, 0.3) is 15.9 Å². The molecular weight excluding hydrogens is 316 g/mol. The predicted molar refractivity (Wildman–Crippen MR) is 85.2 cm³/mol. The minimum atomic E-state index is -3.93. The summed E-state index contributed by atoms with van der Waals surface area (Å²) >= 11 is 0. The van der Waals surface area contributed by atoms with Gasteiger partial charge < -0.3 is 5.11 Å². The fraction of sp³-hybridized carbons (Fsp3) is 0.250. The Bertz CT molecular complexity index is 769. The summed E-state index contributed by atoms with van der Waals surface area (Å²) in [6.45, 7) is 1.80. The van der Waals surface area contributed by atoms with Crippen molar-refractivity contribution in [2.75, 3.05) is 0 Å². The average molecular weight is 334 g/mol. The Morgan fingerprint density at radius 3 is 2.39 bits per heavy atom. The largest absolute Gasteiger partial charge is 0.390 e. The lowest BCUT2D eigenvalue weighted by atomic mass is 10.1. The molecule has 0 fully saturated rings. The second kappa shape index (κ2) is 7.34. The zero-order chi connectivity index (χ0) is 16.9. The number of hydrogen-bond donors (Lipinski definition) is 2. The van der Waals surface area contributed by atoms with Gasteiger partial charge in [0.15, 0.2) is 0 Å². The lowest BCUT2D eigenvalue weighted by molar-refractivity contribution is 0.0981. The van der Waals surface area contributed by atoms with Crippen molar-refractivity contribution < 1.29 is 18.3 Å². The van der Waals surface area contributed by atoms with Gasteiger partial charge in [-0.05, 0) is 36.2 Å². The van der Waals surface area contributed by atoms with E-state index >= 15 is 0 Å². The smallest absolute Gasteiger partial charge is 0.266 e.